The van der Waals surface area contributed by atoms with Crippen LogP contribution in [0.5, 0.6) is 0 Å². The Hall–Kier alpha value is -5.92. The van der Waals surface area contributed by atoms with Gasteiger partial charge < -0.3 is 4.90 Å². The molecule has 1 nitrogen and oxygen atoms in total. The molecule has 1 aliphatic carbocycles. The first-order valence-corrected chi connectivity index (χ1v) is 16.1. The third-order valence-electron chi connectivity index (χ3n) is 9.59. The lowest BCUT2D eigenvalue weighted by molar-refractivity contribution is 0.660. The van der Waals surface area contributed by atoms with Crippen LogP contribution in [-0.2, 0) is 5.41 Å². The van der Waals surface area contributed by atoms with Crippen LogP contribution in [0.3, 0.4) is 0 Å². The number of benzene rings is 8. The Morgan fingerprint density at radius 2 is 1.17 bits per heavy atom. The Kier molecular flexibility index (Phi) is 4.87. The molecular formula is C47H35N. The Morgan fingerprint density at radius 1 is 0.458 bits per heavy atom. The summed E-state index contributed by atoms with van der Waals surface area (Å²) in [5.41, 5.74) is 5.24. The molecular weight excluding hydrogens is 579 g/mol. The maximum atomic E-state index is 9.77. The molecule has 0 bridgehead atoms. The summed E-state index contributed by atoms with van der Waals surface area (Å²) in [5, 5.41) is 3.53. The minimum atomic E-state index is -0.448. The molecule has 0 aliphatic heterocycles. The molecule has 228 valence electrons. The van der Waals surface area contributed by atoms with E-state index in [-0.39, 0.29) is 58.8 Å². The zero-order valence-electron chi connectivity index (χ0n) is 34.6. The van der Waals surface area contributed by atoms with Gasteiger partial charge in [-0.1, -0.05) is 147 Å². The Balaban J connectivity index is 1.36. The van der Waals surface area contributed by atoms with Crippen molar-refractivity contribution in [2.24, 2.45) is 0 Å². The molecule has 0 saturated heterocycles. The molecule has 0 heterocycles. The van der Waals surface area contributed by atoms with Gasteiger partial charge in [0.1, 0.15) is 0 Å². The summed E-state index contributed by atoms with van der Waals surface area (Å²) in [4.78, 5) is 1.44. The second kappa shape index (κ2) is 11.1. The number of rotatable bonds is 5. The lowest BCUT2D eigenvalue weighted by Gasteiger charge is -2.28. The number of hydrogen-bond acceptors (Lipinski definition) is 1. The van der Waals surface area contributed by atoms with Gasteiger partial charge >= 0.3 is 0 Å². The van der Waals surface area contributed by atoms with E-state index in [1.807, 2.05) is 103 Å². The van der Waals surface area contributed by atoms with Gasteiger partial charge in [0.05, 0.1) is 11.0 Å². The lowest BCUT2D eigenvalue weighted by Crippen LogP contribution is -2.16. The zero-order chi connectivity index (χ0) is 39.2. The van der Waals surface area contributed by atoms with Gasteiger partial charge in [-0.05, 0) is 108 Å². The molecule has 1 heteroatoms. The average molecular weight is 622 g/mol. The molecule has 48 heavy (non-hydrogen) atoms. The molecule has 0 saturated carbocycles. The van der Waals surface area contributed by atoms with Crippen molar-refractivity contribution < 1.29 is 11.0 Å². The molecule has 0 spiro atoms. The van der Waals surface area contributed by atoms with Crippen LogP contribution in [0.4, 0.5) is 17.1 Å². The van der Waals surface area contributed by atoms with Crippen LogP contribution in [0.1, 0.15) is 35.9 Å². The van der Waals surface area contributed by atoms with Crippen molar-refractivity contribution in [3.05, 3.63) is 187 Å². The standard InChI is InChI=1S/C47H35N/c1-47(2)45-20-8-7-18-43(45)44-28-27-40(31-46(44)47)48(38-25-23-34(24-26-38)42-19-10-14-33-12-5-6-17-41(33)42)39-16-9-15-36(30-39)37-22-21-32-11-3-4-13-35(32)29-37/h3-31H,1-2H3/i9D,15D,16D,23D,24D,25D,26D,30D. The van der Waals surface area contributed by atoms with E-state index in [2.05, 4.69) is 26.0 Å². The second-order valence-corrected chi connectivity index (χ2v) is 12.8. The fourth-order valence-electron chi connectivity index (χ4n) is 7.13. The average Bonchev–Trinajstić information content (AvgIpc) is 3.44. The normalized spacial score (nSPS) is 15.3. The van der Waals surface area contributed by atoms with Crippen molar-refractivity contribution >= 4 is 38.6 Å². The topological polar surface area (TPSA) is 3.24 Å². The molecule has 0 unspecified atom stereocenters. The largest absolute Gasteiger partial charge is 0.310 e. The molecule has 0 fully saturated rings. The van der Waals surface area contributed by atoms with E-state index in [0.717, 1.165) is 43.8 Å². The maximum Gasteiger partial charge on any atom is 0.0651 e. The van der Waals surface area contributed by atoms with E-state index in [1.54, 1.807) is 12.1 Å². The summed E-state index contributed by atoms with van der Waals surface area (Å²) in [6, 6.07) is 37.8. The molecule has 1 aliphatic rings. The van der Waals surface area contributed by atoms with Crippen molar-refractivity contribution in [3.8, 4) is 33.4 Å². The molecule has 0 radical (unpaired) electrons. The van der Waals surface area contributed by atoms with Crippen molar-refractivity contribution in [1.82, 2.24) is 0 Å². The van der Waals surface area contributed by atoms with Gasteiger partial charge in [-0.3, -0.25) is 0 Å². The molecule has 8 aromatic carbocycles. The van der Waals surface area contributed by atoms with Gasteiger partial charge in [-0.25, -0.2) is 0 Å². The molecule has 8 aromatic rings. The fourth-order valence-corrected chi connectivity index (χ4v) is 7.13. The van der Waals surface area contributed by atoms with Gasteiger partial charge in [-0.15, -0.1) is 0 Å². The van der Waals surface area contributed by atoms with Crippen LogP contribution >= 0.6 is 0 Å². The Bertz CT molecular complexity index is 2920. The highest BCUT2D eigenvalue weighted by Crippen LogP contribution is 2.50. The van der Waals surface area contributed by atoms with E-state index in [9.17, 15) is 8.22 Å². The van der Waals surface area contributed by atoms with Crippen molar-refractivity contribution in [1.29, 1.82) is 0 Å². The third kappa shape index (κ3) is 4.62. The first-order chi connectivity index (χ1) is 26.9. The van der Waals surface area contributed by atoms with Crippen LogP contribution in [0.25, 0.3) is 54.9 Å². The van der Waals surface area contributed by atoms with Crippen molar-refractivity contribution in [3.63, 3.8) is 0 Å². The first-order valence-electron chi connectivity index (χ1n) is 20.1. The third-order valence-corrected chi connectivity index (χ3v) is 9.59. The van der Waals surface area contributed by atoms with Crippen molar-refractivity contribution in [2.75, 3.05) is 4.90 Å². The smallest absolute Gasteiger partial charge is 0.0651 e. The molecule has 0 atom stereocenters. The first kappa shape index (κ1) is 21.1. The number of nitrogens with zero attached hydrogens (tertiary/aromatic N) is 1. The summed E-state index contributed by atoms with van der Waals surface area (Å²) < 4.78 is 75.4. The SMILES string of the molecule is [2H]c1c([2H])c(-c2ccc3ccccc3c2)c([2H])c(N(c2ccc3c(c2)C(C)(C)c2ccccc2-3)c2c([2H])c([2H])c(-c3cccc4ccccc34)c([2H])c2[2H])c1[2H]. The quantitative estimate of drug-likeness (QED) is 0.185. The predicted molar refractivity (Wildman–Crippen MR) is 205 cm³/mol. The molecule has 9 rings (SSSR count). The summed E-state index contributed by atoms with van der Waals surface area (Å²) in [7, 11) is 0. The highest BCUT2D eigenvalue weighted by molar-refractivity contribution is 5.97. The number of fused-ring (bicyclic) bond motifs is 5. The predicted octanol–water partition coefficient (Wildman–Crippen LogP) is 13.1. The molecule has 0 aromatic heterocycles. The molecule has 0 amide bonds. The van der Waals surface area contributed by atoms with Gasteiger partial charge in [0, 0.05) is 22.5 Å². The monoisotopic (exact) mass is 621 g/mol. The minimum Gasteiger partial charge on any atom is -0.310 e. The minimum absolute atomic E-state index is 0.110. The lowest BCUT2D eigenvalue weighted by atomic mass is 9.82. The summed E-state index contributed by atoms with van der Waals surface area (Å²) in [6.45, 7) is 4.25. The summed E-state index contributed by atoms with van der Waals surface area (Å²) >= 11 is 0. The number of anilines is 3. The highest BCUT2D eigenvalue weighted by atomic mass is 15.1. The van der Waals surface area contributed by atoms with Crippen LogP contribution in [0, 0.1) is 0 Å². The van der Waals surface area contributed by atoms with E-state index in [4.69, 9.17) is 2.74 Å². The highest BCUT2D eigenvalue weighted by Gasteiger charge is 2.35. The summed E-state index contributed by atoms with van der Waals surface area (Å²) in [5.74, 6) is 0. The van der Waals surface area contributed by atoms with Crippen molar-refractivity contribution in [2.45, 2.75) is 19.3 Å². The van der Waals surface area contributed by atoms with Gasteiger partial charge in [0.2, 0.25) is 0 Å². The van der Waals surface area contributed by atoms with Gasteiger partial charge in [0.25, 0.3) is 0 Å². The van der Waals surface area contributed by atoms with E-state index in [1.165, 1.54) is 4.90 Å². The molecule has 0 N–H and O–H groups in total. The van der Waals surface area contributed by atoms with Gasteiger partial charge in [0.15, 0.2) is 0 Å². The zero-order valence-corrected chi connectivity index (χ0v) is 26.6. The van der Waals surface area contributed by atoms with E-state index >= 15 is 0 Å². The summed E-state index contributed by atoms with van der Waals surface area (Å²) in [6.07, 6.45) is 0. The van der Waals surface area contributed by atoms with Crippen LogP contribution in [0.2, 0.25) is 0 Å². The fraction of sp³-hybridized carbons (Fsp3) is 0.0638. The Labute approximate surface area is 293 Å². The maximum absolute atomic E-state index is 9.77. The number of hydrogen-bond donors (Lipinski definition) is 0. The van der Waals surface area contributed by atoms with E-state index < -0.39 is 17.5 Å². The van der Waals surface area contributed by atoms with Crippen LogP contribution < -0.4 is 4.90 Å². The second-order valence-electron chi connectivity index (χ2n) is 12.8. The Morgan fingerprint density at radius 3 is 2.04 bits per heavy atom. The van der Waals surface area contributed by atoms with Crippen LogP contribution in [0.15, 0.2) is 176 Å². The van der Waals surface area contributed by atoms with E-state index in [0.29, 0.717) is 16.8 Å². The van der Waals surface area contributed by atoms with Crippen LogP contribution in [-0.4, -0.2) is 0 Å². The van der Waals surface area contributed by atoms with Gasteiger partial charge in [-0.2, -0.15) is 0 Å².